The Morgan fingerprint density at radius 1 is 0.640 bits per heavy atom. The van der Waals surface area contributed by atoms with Crippen LogP contribution in [0.5, 0.6) is 0 Å². The van der Waals surface area contributed by atoms with Crippen LogP contribution in [-0.2, 0) is 21.7 Å². The first-order valence-electron chi connectivity index (χ1n) is 6.89. The molecule has 0 N–H and O–H groups in total. The molecule has 0 atom stereocenters. The third kappa shape index (κ3) is 10.6. The van der Waals surface area contributed by atoms with Crippen molar-refractivity contribution < 1.29 is 65.3 Å². The molecule has 0 bridgehead atoms. The number of carbonyl (C=O) groups excluding carboxylic acids is 2. The van der Waals surface area contributed by atoms with E-state index in [1.165, 1.54) is 14.1 Å². The zero-order valence-electron chi connectivity index (χ0n) is 14.6. The summed E-state index contributed by atoms with van der Waals surface area (Å²) in [6.45, 7) is 3.97. The summed E-state index contributed by atoms with van der Waals surface area (Å²) < 4.78 is 0. The summed E-state index contributed by atoms with van der Waals surface area (Å²) in [5.41, 5.74) is 3.60. The molecule has 2 aromatic rings. The maximum Gasteiger partial charge on any atom is 4.00 e. The molecule has 0 heterocycles. The molecule has 2 aromatic carbocycles. The number of carbonyl (C=O) groups is 2. The number of aryl methyl sites for hydroxylation is 2. The van der Waals surface area contributed by atoms with Crippen molar-refractivity contribution in [2.75, 3.05) is 14.1 Å². The Hall–Kier alpha value is -0.946. The van der Waals surface area contributed by atoms with Crippen LogP contribution < -0.4 is 34.0 Å². The van der Waals surface area contributed by atoms with Gasteiger partial charge in [-0.15, -0.1) is 14.1 Å². The van der Waals surface area contributed by atoms with E-state index in [0.29, 0.717) is 11.1 Å². The van der Waals surface area contributed by atoms with Crippen molar-refractivity contribution in [1.82, 2.24) is 0 Å². The fourth-order valence-electron chi connectivity index (χ4n) is 1.65. The van der Waals surface area contributed by atoms with E-state index in [9.17, 15) is 9.59 Å². The summed E-state index contributed by atoms with van der Waals surface area (Å²) in [6.07, 6.45) is 0. The molecular weight excluding hydrogens is 484 g/mol. The molecular formula is C18H20Br2N2O2Ti. The van der Waals surface area contributed by atoms with Crippen molar-refractivity contribution in [1.29, 1.82) is 0 Å². The Bertz CT molecular complexity index is 575. The van der Waals surface area contributed by atoms with Crippen molar-refractivity contribution in [2.45, 2.75) is 13.8 Å². The summed E-state index contributed by atoms with van der Waals surface area (Å²) in [6, 6.07) is 14.7. The Morgan fingerprint density at radius 3 is 1.08 bits per heavy atom. The van der Waals surface area contributed by atoms with Crippen LogP contribution in [0.4, 0.5) is 0 Å². The fourth-order valence-corrected chi connectivity index (χ4v) is 1.65. The monoisotopic (exact) mass is 502 g/mol. The number of rotatable bonds is 2. The number of benzene rings is 2. The standard InChI is InChI=1S/2C9H11NO.2BrH.Ti/c2*1-7-3-5-8(6-4-7)9(11)10-2;;;/h2*3-6H,1-2H3,(H,10,11);2*1H;/q;;;;+4/p-4. The normalized spacial score (nSPS) is 8.16. The van der Waals surface area contributed by atoms with Gasteiger partial charge in [-0.05, 0) is 25.0 Å². The SMILES string of the molecule is C[N-]C(=O)c1ccc(C)cc1.C[N-]C(=O)c1ccc(C)cc1.[Br-].[Br-].[Ti+4]. The molecule has 0 spiro atoms. The van der Waals surface area contributed by atoms with E-state index in [4.69, 9.17) is 0 Å². The number of amides is 2. The van der Waals surface area contributed by atoms with Crippen molar-refractivity contribution in [3.05, 3.63) is 81.4 Å². The molecule has 0 aliphatic carbocycles. The molecule has 0 aliphatic rings. The summed E-state index contributed by atoms with van der Waals surface area (Å²) in [7, 11) is 3.00. The van der Waals surface area contributed by atoms with Crippen LogP contribution in [-0.4, -0.2) is 25.9 Å². The summed E-state index contributed by atoms with van der Waals surface area (Å²) in [5.74, 6) is -0.324. The molecule has 4 nitrogen and oxygen atoms in total. The van der Waals surface area contributed by atoms with Gasteiger partial charge in [-0.2, -0.15) is 0 Å². The first kappa shape index (κ1) is 28.8. The molecule has 0 aliphatic heterocycles. The zero-order chi connectivity index (χ0) is 16.5. The maximum absolute atomic E-state index is 11.0. The molecule has 0 unspecified atom stereocenters. The first-order valence-corrected chi connectivity index (χ1v) is 6.89. The molecule has 2 amide bonds. The number of hydrogen-bond acceptors (Lipinski definition) is 2. The second kappa shape index (κ2) is 15.3. The minimum atomic E-state index is -0.162. The van der Waals surface area contributed by atoms with Gasteiger partial charge in [0.05, 0.1) is 11.8 Å². The van der Waals surface area contributed by atoms with Gasteiger partial charge in [0.25, 0.3) is 0 Å². The van der Waals surface area contributed by atoms with Crippen LogP contribution in [0.1, 0.15) is 31.8 Å². The van der Waals surface area contributed by atoms with E-state index in [2.05, 4.69) is 10.6 Å². The second-order valence-electron chi connectivity index (χ2n) is 4.79. The number of hydrogen-bond donors (Lipinski definition) is 0. The molecule has 0 aromatic heterocycles. The Morgan fingerprint density at radius 2 is 0.880 bits per heavy atom. The second-order valence-corrected chi connectivity index (χ2v) is 4.79. The predicted octanol–water partition coefficient (Wildman–Crippen LogP) is -1.72. The third-order valence-electron chi connectivity index (χ3n) is 3.00. The van der Waals surface area contributed by atoms with Crippen LogP contribution in [0.15, 0.2) is 48.5 Å². The van der Waals surface area contributed by atoms with Gasteiger partial charge in [0, 0.05) is 0 Å². The summed E-state index contributed by atoms with van der Waals surface area (Å²) in [4.78, 5) is 21.9. The van der Waals surface area contributed by atoms with E-state index >= 15 is 0 Å². The summed E-state index contributed by atoms with van der Waals surface area (Å²) in [5, 5.41) is 7.10. The zero-order valence-corrected chi connectivity index (χ0v) is 19.3. The smallest absolute Gasteiger partial charge is 1.00 e. The molecule has 132 valence electrons. The minimum absolute atomic E-state index is 0. The van der Waals surface area contributed by atoms with Crippen LogP contribution in [0.2, 0.25) is 0 Å². The van der Waals surface area contributed by atoms with E-state index in [0.717, 1.165) is 11.1 Å². The molecule has 7 heteroatoms. The van der Waals surface area contributed by atoms with Crippen molar-refractivity contribution in [3.63, 3.8) is 0 Å². The van der Waals surface area contributed by atoms with Gasteiger partial charge >= 0.3 is 21.7 Å². The van der Waals surface area contributed by atoms with Crippen LogP contribution in [0.25, 0.3) is 10.6 Å². The largest absolute Gasteiger partial charge is 4.00 e. The predicted molar refractivity (Wildman–Crippen MR) is 89.6 cm³/mol. The van der Waals surface area contributed by atoms with Crippen LogP contribution >= 0.6 is 0 Å². The first-order chi connectivity index (χ1) is 10.5. The summed E-state index contributed by atoms with van der Waals surface area (Å²) >= 11 is 0. The van der Waals surface area contributed by atoms with Crippen molar-refractivity contribution >= 4 is 11.8 Å². The van der Waals surface area contributed by atoms with Crippen molar-refractivity contribution in [2.24, 2.45) is 0 Å². The molecule has 2 rings (SSSR count). The van der Waals surface area contributed by atoms with Gasteiger partial charge < -0.3 is 54.2 Å². The Balaban J connectivity index is -0.000000346. The van der Waals surface area contributed by atoms with E-state index < -0.39 is 0 Å². The molecule has 0 fully saturated rings. The Kier molecular flexibility index (Phi) is 17.7. The topological polar surface area (TPSA) is 62.3 Å². The molecule has 25 heavy (non-hydrogen) atoms. The van der Waals surface area contributed by atoms with E-state index in [1.807, 2.05) is 38.1 Å². The van der Waals surface area contributed by atoms with Crippen molar-refractivity contribution in [3.8, 4) is 0 Å². The number of halogens is 2. The molecule has 0 saturated carbocycles. The average molecular weight is 504 g/mol. The Labute approximate surface area is 185 Å². The van der Waals surface area contributed by atoms with Crippen LogP contribution in [0, 0.1) is 13.8 Å². The maximum atomic E-state index is 11.0. The van der Waals surface area contributed by atoms with Gasteiger partial charge in [0.2, 0.25) is 0 Å². The van der Waals surface area contributed by atoms with Gasteiger partial charge in [-0.1, -0.05) is 59.7 Å². The quantitative estimate of drug-likeness (QED) is 0.458. The minimum Gasteiger partial charge on any atom is -1.00 e. The van der Waals surface area contributed by atoms with E-state index in [-0.39, 0.29) is 67.5 Å². The van der Waals surface area contributed by atoms with Gasteiger partial charge in [0.1, 0.15) is 0 Å². The van der Waals surface area contributed by atoms with E-state index in [1.54, 1.807) is 24.3 Å². The van der Waals surface area contributed by atoms with Gasteiger partial charge in [-0.25, -0.2) is 0 Å². The van der Waals surface area contributed by atoms with Crippen LogP contribution in [0.3, 0.4) is 0 Å². The number of nitrogens with zero attached hydrogens (tertiary/aromatic N) is 2. The third-order valence-corrected chi connectivity index (χ3v) is 3.00. The molecule has 0 saturated heterocycles. The fraction of sp³-hybridized carbons (Fsp3) is 0.222. The molecule has 0 radical (unpaired) electrons. The average Bonchev–Trinajstić information content (AvgIpc) is 2.55. The van der Waals surface area contributed by atoms with Gasteiger partial charge in [0.15, 0.2) is 0 Å². The van der Waals surface area contributed by atoms with Gasteiger partial charge in [-0.3, -0.25) is 0 Å².